The van der Waals surface area contributed by atoms with Gasteiger partial charge in [0.15, 0.2) is 0 Å². The van der Waals surface area contributed by atoms with E-state index in [4.69, 9.17) is 4.74 Å². The molecule has 1 atom stereocenters. The first kappa shape index (κ1) is 15.2. The van der Waals surface area contributed by atoms with E-state index in [-0.39, 0.29) is 0 Å². The Kier molecular flexibility index (Phi) is 6.98. The summed E-state index contributed by atoms with van der Waals surface area (Å²) in [7, 11) is 2.02. The largest absolute Gasteiger partial charge is 0.382 e. The highest BCUT2D eigenvalue weighted by atomic mass is 16.5. The van der Waals surface area contributed by atoms with Crippen LogP contribution >= 0.6 is 0 Å². The second-order valence-electron chi connectivity index (χ2n) is 4.74. The van der Waals surface area contributed by atoms with Crippen molar-refractivity contribution in [3.05, 3.63) is 17.5 Å². The van der Waals surface area contributed by atoms with E-state index in [0.717, 1.165) is 44.7 Å². The lowest BCUT2D eigenvalue weighted by atomic mass is 10.1. The molecule has 1 rings (SSSR count). The predicted octanol–water partition coefficient (Wildman–Crippen LogP) is 2.07. The van der Waals surface area contributed by atoms with E-state index in [9.17, 15) is 0 Å². The van der Waals surface area contributed by atoms with Crippen LogP contribution < -0.4 is 5.32 Å². The maximum absolute atomic E-state index is 5.45. The maximum Gasteiger partial charge on any atom is 0.0596 e. The number of nitrogens with zero attached hydrogens (tertiary/aromatic N) is 2. The van der Waals surface area contributed by atoms with Crippen LogP contribution in [0.1, 0.15) is 38.1 Å². The third-order valence-electron chi connectivity index (χ3n) is 3.05. The van der Waals surface area contributed by atoms with E-state index < -0.39 is 0 Å². The number of ether oxygens (including phenoxy) is 1. The summed E-state index contributed by atoms with van der Waals surface area (Å²) in [6, 6.07) is 2.65. The van der Waals surface area contributed by atoms with Gasteiger partial charge in [-0.05, 0) is 39.3 Å². The van der Waals surface area contributed by atoms with Crippen molar-refractivity contribution in [3.8, 4) is 0 Å². The molecule has 0 aromatic carbocycles. The quantitative estimate of drug-likeness (QED) is 0.685. The lowest BCUT2D eigenvalue weighted by molar-refractivity contribution is 0.136. The Labute approximate surface area is 111 Å². The molecule has 0 bridgehead atoms. The molecule has 0 saturated heterocycles. The summed E-state index contributed by atoms with van der Waals surface area (Å²) in [5, 5.41) is 7.99. The van der Waals surface area contributed by atoms with Gasteiger partial charge in [0.1, 0.15) is 0 Å². The highest BCUT2D eigenvalue weighted by Gasteiger charge is 2.12. The zero-order valence-electron chi connectivity index (χ0n) is 12.2. The molecule has 4 heteroatoms. The summed E-state index contributed by atoms with van der Waals surface area (Å²) in [6.07, 6.45) is 3.23. The minimum absolute atomic E-state index is 0.478. The molecule has 0 aliphatic rings. The molecule has 18 heavy (non-hydrogen) atoms. The summed E-state index contributed by atoms with van der Waals surface area (Å²) in [6.45, 7) is 8.96. The van der Waals surface area contributed by atoms with Crippen LogP contribution in [0.25, 0.3) is 0 Å². The molecule has 1 unspecified atom stereocenters. The van der Waals surface area contributed by atoms with E-state index in [1.807, 2.05) is 25.6 Å². The van der Waals surface area contributed by atoms with Gasteiger partial charge in [-0.25, -0.2) is 0 Å². The van der Waals surface area contributed by atoms with Crippen LogP contribution in [0.15, 0.2) is 6.07 Å². The van der Waals surface area contributed by atoms with Crippen LogP contribution in [0.5, 0.6) is 0 Å². The minimum Gasteiger partial charge on any atom is -0.382 e. The molecule has 1 N–H and O–H groups in total. The van der Waals surface area contributed by atoms with Crippen LogP contribution in [0.4, 0.5) is 0 Å². The van der Waals surface area contributed by atoms with Gasteiger partial charge in [-0.1, -0.05) is 6.92 Å². The van der Waals surface area contributed by atoms with Crippen molar-refractivity contribution in [2.24, 2.45) is 7.05 Å². The third kappa shape index (κ3) is 5.19. The normalized spacial score (nSPS) is 12.9. The Bertz CT molecular complexity index is 336. The van der Waals surface area contributed by atoms with E-state index in [1.165, 1.54) is 5.69 Å². The fourth-order valence-corrected chi connectivity index (χ4v) is 2.10. The zero-order valence-corrected chi connectivity index (χ0v) is 12.2. The van der Waals surface area contributed by atoms with Crippen molar-refractivity contribution in [1.29, 1.82) is 0 Å². The molecular weight excluding hydrogens is 226 g/mol. The Hall–Kier alpha value is -0.870. The summed E-state index contributed by atoms with van der Waals surface area (Å²) in [5.74, 6) is 0. The summed E-state index contributed by atoms with van der Waals surface area (Å²) in [4.78, 5) is 0. The second-order valence-corrected chi connectivity index (χ2v) is 4.74. The van der Waals surface area contributed by atoms with Crippen molar-refractivity contribution in [1.82, 2.24) is 15.1 Å². The van der Waals surface area contributed by atoms with Gasteiger partial charge in [-0.15, -0.1) is 0 Å². The van der Waals surface area contributed by atoms with Crippen LogP contribution in [0.2, 0.25) is 0 Å². The topological polar surface area (TPSA) is 39.1 Å². The monoisotopic (exact) mass is 253 g/mol. The van der Waals surface area contributed by atoms with Gasteiger partial charge in [0.25, 0.3) is 0 Å². The minimum atomic E-state index is 0.478. The summed E-state index contributed by atoms with van der Waals surface area (Å²) in [5.41, 5.74) is 2.38. The van der Waals surface area contributed by atoms with E-state index >= 15 is 0 Å². The van der Waals surface area contributed by atoms with E-state index in [2.05, 4.69) is 23.4 Å². The Morgan fingerprint density at radius 2 is 2.22 bits per heavy atom. The zero-order chi connectivity index (χ0) is 13.4. The number of rotatable bonds is 9. The van der Waals surface area contributed by atoms with Crippen molar-refractivity contribution in [2.75, 3.05) is 19.8 Å². The lowest BCUT2D eigenvalue weighted by Gasteiger charge is -2.18. The average molecular weight is 253 g/mol. The SMILES string of the molecule is CCCNC(CCOCC)Cc1cc(C)nn1C. The van der Waals surface area contributed by atoms with Crippen LogP contribution in [-0.4, -0.2) is 35.6 Å². The second kappa shape index (κ2) is 8.27. The molecule has 0 aliphatic heterocycles. The van der Waals surface area contributed by atoms with Crippen LogP contribution in [-0.2, 0) is 18.2 Å². The first-order valence-electron chi connectivity index (χ1n) is 6.98. The van der Waals surface area contributed by atoms with Gasteiger partial charge < -0.3 is 10.1 Å². The van der Waals surface area contributed by atoms with Gasteiger partial charge in [0, 0.05) is 38.4 Å². The van der Waals surface area contributed by atoms with Gasteiger partial charge in [0.2, 0.25) is 0 Å². The molecule has 0 amide bonds. The standard InChI is InChI=1S/C14H27N3O/c1-5-8-15-13(7-9-18-6-2)11-14-10-12(3)16-17(14)4/h10,13,15H,5-9,11H2,1-4H3. The fourth-order valence-electron chi connectivity index (χ4n) is 2.10. The molecule has 1 aromatic rings. The third-order valence-corrected chi connectivity index (χ3v) is 3.05. The molecule has 0 spiro atoms. The molecule has 104 valence electrons. The summed E-state index contributed by atoms with van der Waals surface area (Å²) < 4.78 is 7.44. The van der Waals surface area contributed by atoms with Crippen molar-refractivity contribution in [2.45, 2.75) is 46.1 Å². The first-order valence-corrected chi connectivity index (χ1v) is 6.98. The predicted molar refractivity (Wildman–Crippen MR) is 74.8 cm³/mol. The van der Waals surface area contributed by atoms with Gasteiger partial charge in [-0.3, -0.25) is 4.68 Å². The fraction of sp³-hybridized carbons (Fsp3) is 0.786. The molecule has 1 aromatic heterocycles. The number of hydrogen-bond acceptors (Lipinski definition) is 3. The Morgan fingerprint density at radius 1 is 1.44 bits per heavy atom. The number of nitrogens with one attached hydrogen (secondary N) is 1. The molecule has 0 fully saturated rings. The number of hydrogen-bond donors (Lipinski definition) is 1. The van der Waals surface area contributed by atoms with Crippen molar-refractivity contribution >= 4 is 0 Å². The molecule has 0 aliphatic carbocycles. The van der Waals surface area contributed by atoms with Gasteiger partial charge >= 0.3 is 0 Å². The Balaban J connectivity index is 2.50. The molecule has 4 nitrogen and oxygen atoms in total. The molecule has 0 radical (unpaired) electrons. The molecule has 1 heterocycles. The molecule has 0 saturated carbocycles. The highest BCUT2D eigenvalue weighted by molar-refractivity contribution is 5.10. The van der Waals surface area contributed by atoms with E-state index in [0.29, 0.717) is 6.04 Å². The maximum atomic E-state index is 5.45. The first-order chi connectivity index (χ1) is 8.67. The van der Waals surface area contributed by atoms with Crippen molar-refractivity contribution in [3.63, 3.8) is 0 Å². The van der Waals surface area contributed by atoms with Crippen LogP contribution in [0.3, 0.4) is 0 Å². The number of aromatic nitrogens is 2. The summed E-state index contributed by atoms with van der Waals surface area (Å²) >= 11 is 0. The average Bonchev–Trinajstić information content (AvgIpc) is 2.65. The smallest absolute Gasteiger partial charge is 0.0596 e. The van der Waals surface area contributed by atoms with Crippen LogP contribution in [0, 0.1) is 6.92 Å². The Morgan fingerprint density at radius 3 is 2.78 bits per heavy atom. The van der Waals surface area contributed by atoms with Gasteiger partial charge in [0.05, 0.1) is 5.69 Å². The lowest BCUT2D eigenvalue weighted by Crippen LogP contribution is -2.33. The van der Waals surface area contributed by atoms with E-state index in [1.54, 1.807) is 0 Å². The highest BCUT2D eigenvalue weighted by Crippen LogP contribution is 2.08. The van der Waals surface area contributed by atoms with Crippen molar-refractivity contribution < 1.29 is 4.74 Å². The molecular formula is C14H27N3O. The van der Waals surface area contributed by atoms with Gasteiger partial charge in [-0.2, -0.15) is 5.10 Å². The number of aryl methyl sites for hydroxylation is 2.